The van der Waals surface area contributed by atoms with Crippen LogP contribution in [0.1, 0.15) is 71.1 Å². The zero-order valence-corrected chi connectivity index (χ0v) is 12.2. The molecule has 0 N–H and O–H groups in total. The Morgan fingerprint density at radius 3 is 1.59 bits per heavy atom. The van der Waals surface area contributed by atoms with E-state index in [0.717, 1.165) is 12.8 Å². The van der Waals surface area contributed by atoms with Crippen molar-refractivity contribution >= 4 is 9.84 Å². The maximum Gasteiger partial charge on any atom is 0.150 e. The normalized spacial score (nSPS) is 11.9. The van der Waals surface area contributed by atoms with E-state index in [4.69, 9.17) is 0 Å². The topological polar surface area (TPSA) is 34.1 Å². The minimum Gasteiger partial charge on any atom is -0.229 e. The summed E-state index contributed by atoms with van der Waals surface area (Å²) in [4.78, 5) is 0. The van der Waals surface area contributed by atoms with Gasteiger partial charge < -0.3 is 0 Å². The van der Waals surface area contributed by atoms with Crippen LogP contribution in [-0.2, 0) is 9.84 Å². The van der Waals surface area contributed by atoms with Gasteiger partial charge in [0.1, 0.15) is 9.84 Å². The van der Waals surface area contributed by atoms with Crippen molar-refractivity contribution in [3.63, 3.8) is 0 Å². The molecule has 3 heteroatoms. The fourth-order valence-electron chi connectivity index (χ4n) is 1.91. The van der Waals surface area contributed by atoms with E-state index in [1.807, 2.05) is 0 Å². The van der Waals surface area contributed by atoms with Gasteiger partial charge in [-0.25, -0.2) is 8.42 Å². The molecule has 0 aliphatic rings. The smallest absolute Gasteiger partial charge is 0.150 e. The van der Waals surface area contributed by atoms with Crippen molar-refractivity contribution in [2.45, 2.75) is 71.1 Å². The fraction of sp³-hybridized carbons (Fsp3) is 0.929. The molecular formula is C14H29O2S. The van der Waals surface area contributed by atoms with E-state index in [-0.39, 0.29) is 5.75 Å². The fourth-order valence-corrected chi connectivity index (χ4v) is 2.76. The summed E-state index contributed by atoms with van der Waals surface area (Å²) in [6.07, 6.45) is 12.4. The molecule has 0 spiro atoms. The molecule has 0 saturated carbocycles. The Balaban J connectivity index is 3.14. The Hall–Kier alpha value is -0.0500. The van der Waals surface area contributed by atoms with Crippen LogP contribution in [0.2, 0.25) is 0 Å². The van der Waals surface area contributed by atoms with E-state index in [9.17, 15) is 8.42 Å². The number of hydrogen-bond acceptors (Lipinski definition) is 2. The molecule has 0 atom stereocenters. The Morgan fingerprint density at radius 2 is 1.18 bits per heavy atom. The molecule has 0 heterocycles. The van der Waals surface area contributed by atoms with E-state index in [0.29, 0.717) is 5.75 Å². The molecule has 0 aromatic carbocycles. The number of sulfone groups is 1. The Labute approximate surface area is 108 Å². The van der Waals surface area contributed by atoms with E-state index in [2.05, 4.69) is 13.8 Å². The van der Waals surface area contributed by atoms with Gasteiger partial charge in [-0.2, -0.15) is 0 Å². The van der Waals surface area contributed by atoms with Crippen molar-refractivity contribution in [3.05, 3.63) is 6.92 Å². The van der Waals surface area contributed by atoms with Gasteiger partial charge in [-0.1, -0.05) is 64.7 Å². The lowest BCUT2D eigenvalue weighted by Gasteiger charge is -2.02. The minimum atomic E-state index is -2.84. The average molecular weight is 261 g/mol. The van der Waals surface area contributed by atoms with Crippen LogP contribution >= 0.6 is 0 Å². The molecule has 0 fully saturated rings. The highest BCUT2D eigenvalue weighted by atomic mass is 32.2. The highest BCUT2D eigenvalue weighted by Gasteiger charge is 2.05. The van der Waals surface area contributed by atoms with Crippen molar-refractivity contribution in [3.8, 4) is 0 Å². The van der Waals surface area contributed by atoms with Crippen LogP contribution in [0.3, 0.4) is 0 Å². The lowest BCUT2D eigenvalue weighted by molar-refractivity contribution is 0.558. The quantitative estimate of drug-likeness (QED) is 0.494. The third kappa shape index (κ3) is 12.2. The molecule has 0 amide bonds. The monoisotopic (exact) mass is 261 g/mol. The first-order chi connectivity index (χ1) is 8.12. The summed E-state index contributed by atoms with van der Waals surface area (Å²) in [5.74, 6) is 0.372. The van der Waals surface area contributed by atoms with Gasteiger partial charge in [0.15, 0.2) is 0 Å². The van der Waals surface area contributed by atoms with E-state index in [1.54, 1.807) is 0 Å². The lowest BCUT2D eigenvalue weighted by atomic mass is 10.1. The van der Waals surface area contributed by atoms with Crippen LogP contribution in [0, 0.1) is 6.92 Å². The first-order valence-electron chi connectivity index (χ1n) is 7.12. The van der Waals surface area contributed by atoms with Gasteiger partial charge in [-0.05, 0) is 13.3 Å². The number of rotatable bonds is 12. The van der Waals surface area contributed by atoms with Crippen molar-refractivity contribution in [2.24, 2.45) is 0 Å². The third-order valence-electron chi connectivity index (χ3n) is 3.12. The standard InChI is InChI=1S/C14H29O2S/c1-3-5-6-7-8-9-10-11-12-13-14-17(15,16)4-2/h2-14H2,1H3. The first kappa shape index (κ1) is 16.9. The van der Waals surface area contributed by atoms with E-state index in [1.165, 1.54) is 51.4 Å². The molecule has 0 aromatic rings. The van der Waals surface area contributed by atoms with Crippen LogP contribution in [0.4, 0.5) is 0 Å². The molecule has 0 saturated heterocycles. The Morgan fingerprint density at radius 1 is 0.765 bits per heavy atom. The maximum atomic E-state index is 11.2. The highest BCUT2D eigenvalue weighted by molar-refractivity contribution is 7.91. The van der Waals surface area contributed by atoms with Gasteiger partial charge in [-0.3, -0.25) is 0 Å². The minimum absolute atomic E-state index is 0.0461. The van der Waals surface area contributed by atoms with Crippen LogP contribution < -0.4 is 0 Å². The second-order valence-electron chi connectivity index (χ2n) is 4.83. The van der Waals surface area contributed by atoms with Crippen molar-refractivity contribution < 1.29 is 8.42 Å². The van der Waals surface area contributed by atoms with Crippen LogP contribution in [0.25, 0.3) is 0 Å². The molecule has 0 bridgehead atoms. The first-order valence-corrected chi connectivity index (χ1v) is 8.94. The highest BCUT2D eigenvalue weighted by Crippen LogP contribution is 2.10. The molecule has 0 rings (SSSR count). The predicted molar refractivity (Wildman–Crippen MR) is 75.9 cm³/mol. The molecule has 0 unspecified atom stereocenters. The number of unbranched alkanes of at least 4 members (excludes halogenated alkanes) is 9. The van der Waals surface area contributed by atoms with Gasteiger partial charge in [0, 0.05) is 0 Å². The third-order valence-corrected chi connectivity index (χ3v) is 4.65. The molecular weight excluding hydrogens is 232 g/mol. The van der Waals surface area contributed by atoms with E-state index < -0.39 is 9.84 Å². The summed E-state index contributed by atoms with van der Waals surface area (Å²) in [6.45, 7) is 5.67. The molecule has 1 radical (unpaired) electrons. The summed E-state index contributed by atoms with van der Waals surface area (Å²) in [5, 5.41) is 0. The summed E-state index contributed by atoms with van der Waals surface area (Å²) in [7, 11) is -2.84. The predicted octanol–water partition coefficient (Wildman–Crippen LogP) is 4.16. The van der Waals surface area contributed by atoms with Crippen molar-refractivity contribution in [1.82, 2.24) is 0 Å². The zero-order valence-electron chi connectivity index (χ0n) is 11.4. The van der Waals surface area contributed by atoms with Crippen LogP contribution in [-0.4, -0.2) is 19.9 Å². The van der Waals surface area contributed by atoms with Crippen LogP contribution in [0.15, 0.2) is 0 Å². The van der Waals surface area contributed by atoms with Gasteiger partial charge in [0.2, 0.25) is 0 Å². The second kappa shape index (κ2) is 11.1. The SMILES string of the molecule is [CH2]CS(=O)(=O)CCCCCCCCCCCC. The lowest BCUT2D eigenvalue weighted by Crippen LogP contribution is -2.08. The van der Waals surface area contributed by atoms with Gasteiger partial charge >= 0.3 is 0 Å². The second-order valence-corrected chi connectivity index (χ2v) is 7.14. The molecule has 17 heavy (non-hydrogen) atoms. The Kier molecular flexibility index (Phi) is 11.0. The summed E-state index contributed by atoms with van der Waals surface area (Å²) in [6, 6.07) is 0. The van der Waals surface area contributed by atoms with Crippen LogP contribution in [0.5, 0.6) is 0 Å². The van der Waals surface area contributed by atoms with E-state index >= 15 is 0 Å². The molecule has 0 aromatic heterocycles. The van der Waals surface area contributed by atoms with Gasteiger partial charge in [0.25, 0.3) is 0 Å². The molecule has 2 nitrogen and oxygen atoms in total. The number of hydrogen-bond donors (Lipinski definition) is 0. The Bertz CT molecular complexity index is 245. The molecule has 0 aliphatic heterocycles. The van der Waals surface area contributed by atoms with Gasteiger partial charge in [-0.15, -0.1) is 0 Å². The molecule has 0 aliphatic carbocycles. The zero-order chi connectivity index (χ0) is 13.0. The maximum absolute atomic E-state index is 11.2. The summed E-state index contributed by atoms with van der Waals surface area (Å²) in [5.41, 5.74) is 0. The van der Waals surface area contributed by atoms with Gasteiger partial charge in [0.05, 0.1) is 11.5 Å². The summed E-state index contributed by atoms with van der Waals surface area (Å²) < 4.78 is 22.3. The average Bonchev–Trinajstić information content (AvgIpc) is 2.31. The molecule has 103 valence electrons. The van der Waals surface area contributed by atoms with Crippen molar-refractivity contribution in [1.29, 1.82) is 0 Å². The summed E-state index contributed by atoms with van der Waals surface area (Å²) >= 11 is 0. The largest absolute Gasteiger partial charge is 0.229 e. The van der Waals surface area contributed by atoms with Crippen molar-refractivity contribution in [2.75, 3.05) is 11.5 Å².